The zero-order valence-corrected chi connectivity index (χ0v) is 19.4. The van der Waals surface area contributed by atoms with Crippen LogP contribution in [-0.2, 0) is 14.3 Å². The molecule has 5 rings (SSSR count). The first-order valence-corrected chi connectivity index (χ1v) is 12.2. The summed E-state index contributed by atoms with van der Waals surface area (Å²) in [5, 5.41) is 21.9. The Balaban J connectivity index is 1.05. The first-order chi connectivity index (χ1) is 16.9. The number of benzene rings is 2. The van der Waals surface area contributed by atoms with Crippen LogP contribution in [0.3, 0.4) is 0 Å². The fourth-order valence-corrected chi connectivity index (χ4v) is 5.77. The molecule has 1 saturated heterocycles. The molecule has 2 aliphatic carbocycles. The maximum atomic E-state index is 12.5. The minimum absolute atomic E-state index is 0.0194. The van der Waals surface area contributed by atoms with E-state index >= 15 is 0 Å². The molecule has 184 valence electrons. The highest BCUT2D eigenvalue weighted by atomic mass is 16.5. The van der Waals surface area contributed by atoms with Gasteiger partial charge in [0.05, 0.1) is 6.10 Å². The molecule has 2 fully saturated rings. The van der Waals surface area contributed by atoms with Crippen LogP contribution in [0.15, 0.2) is 48.5 Å². The third-order valence-electron chi connectivity index (χ3n) is 7.56. The van der Waals surface area contributed by atoms with Crippen LogP contribution in [0.25, 0.3) is 11.1 Å². The van der Waals surface area contributed by atoms with Crippen molar-refractivity contribution >= 4 is 18.0 Å². The molecule has 0 bridgehead atoms. The predicted molar refractivity (Wildman–Crippen MR) is 128 cm³/mol. The fourth-order valence-electron chi connectivity index (χ4n) is 5.77. The van der Waals surface area contributed by atoms with Gasteiger partial charge in [-0.25, -0.2) is 9.59 Å². The molecule has 8 nitrogen and oxygen atoms in total. The Morgan fingerprint density at radius 1 is 0.943 bits per heavy atom. The lowest BCUT2D eigenvalue weighted by atomic mass is 9.73. The van der Waals surface area contributed by atoms with Crippen molar-refractivity contribution in [2.75, 3.05) is 19.7 Å². The van der Waals surface area contributed by atoms with Crippen LogP contribution in [0.1, 0.15) is 42.7 Å². The highest BCUT2D eigenvalue weighted by Gasteiger charge is 2.41. The number of aliphatic carboxylic acids is 1. The van der Waals surface area contributed by atoms with Gasteiger partial charge in [0.25, 0.3) is 0 Å². The average molecular weight is 479 g/mol. The molecule has 8 heteroatoms. The third kappa shape index (κ3) is 4.75. The highest BCUT2D eigenvalue weighted by molar-refractivity contribution is 5.84. The lowest BCUT2D eigenvalue weighted by molar-refractivity contribution is -0.149. The number of hydrogen-bond donors (Lipinski definition) is 3. The van der Waals surface area contributed by atoms with Gasteiger partial charge in [-0.1, -0.05) is 48.5 Å². The zero-order valence-electron chi connectivity index (χ0n) is 19.4. The molecule has 1 heterocycles. The second-order valence-corrected chi connectivity index (χ2v) is 9.90. The van der Waals surface area contributed by atoms with E-state index < -0.39 is 24.2 Å². The topological polar surface area (TPSA) is 116 Å². The van der Waals surface area contributed by atoms with Gasteiger partial charge in [-0.05, 0) is 46.9 Å². The second kappa shape index (κ2) is 9.70. The average Bonchev–Trinajstić information content (AvgIpc) is 3.37. The quantitative estimate of drug-likeness (QED) is 0.563. The number of hydrogen-bond acceptors (Lipinski definition) is 5. The summed E-state index contributed by atoms with van der Waals surface area (Å²) in [7, 11) is 0. The summed E-state index contributed by atoms with van der Waals surface area (Å²) in [6, 6.07) is 15.5. The maximum absolute atomic E-state index is 12.5. The molecule has 2 atom stereocenters. The molecule has 1 aliphatic heterocycles. The predicted octanol–water partition coefficient (Wildman–Crippen LogP) is 2.99. The number of likely N-dealkylation sites (tertiary alicyclic amines) is 1. The van der Waals surface area contributed by atoms with Crippen molar-refractivity contribution in [2.45, 2.75) is 43.7 Å². The Kier molecular flexibility index (Phi) is 6.47. The summed E-state index contributed by atoms with van der Waals surface area (Å²) >= 11 is 0. The van der Waals surface area contributed by atoms with Crippen LogP contribution in [0.2, 0.25) is 0 Å². The Hall–Kier alpha value is -3.39. The summed E-state index contributed by atoms with van der Waals surface area (Å²) in [6.45, 7) is 0.838. The van der Waals surface area contributed by atoms with Gasteiger partial charge in [0.15, 0.2) is 0 Å². The molecule has 0 aromatic heterocycles. The number of nitrogens with zero attached hydrogens (tertiary/aromatic N) is 1. The summed E-state index contributed by atoms with van der Waals surface area (Å²) in [5.41, 5.74) is 4.71. The van der Waals surface area contributed by atoms with E-state index in [4.69, 9.17) is 4.74 Å². The number of rotatable bonds is 7. The van der Waals surface area contributed by atoms with Crippen molar-refractivity contribution in [2.24, 2.45) is 11.8 Å². The normalized spacial score (nSPS) is 24.9. The van der Waals surface area contributed by atoms with Gasteiger partial charge in [-0.2, -0.15) is 0 Å². The number of carboxylic acids is 1. The minimum atomic E-state index is -1.08. The van der Waals surface area contributed by atoms with E-state index in [9.17, 15) is 24.6 Å². The van der Waals surface area contributed by atoms with E-state index in [-0.39, 0.29) is 49.7 Å². The third-order valence-corrected chi connectivity index (χ3v) is 7.56. The van der Waals surface area contributed by atoms with Crippen LogP contribution in [0, 0.1) is 11.8 Å². The lowest BCUT2D eigenvalue weighted by Crippen LogP contribution is -2.43. The maximum Gasteiger partial charge on any atom is 0.407 e. The Morgan fingerprint density at radius 3 is 2.20 bits per heavy atom. The van der Waals surface area contributed by atoms with Gasteiger partial charge in [-0.3, -0.25) is 4.79 Å². The monoisotopic (exact) mass is 478 g/mol. The number of alkyl carbamates (subject to hydrolysis) is 1. The first kappa shape index (κ1) is 23.4. The van der Waals surface area contributed by atoms with Gasteiger partial charge in [0.1, 0.15) is 12.6 Å². The lowest BCUT2D eigenvalue weighted by Gasteiger charge is -2.36. The molecule has 3 aliphatic rings. The summed E-state index contributed by atoms with van der Waals surface area (Å²) in [5.74, 6) is -0.835. The van der Waals surface area contributed by atoms with Crippen LogP contribution >= 0.6 is 0 Å². The van der Waals surface area contributed by atoms with Gasteiger partial charge in [-0.15, -0.1) is 0 Å². The minimum Gasteiger partial charge on any atom is -0.480 e. The Morgan fingerprint density at radius 2 is 1.57 bits per heavy atom. The summed E-state index contributed by atoms with van der Waals surface area (Å²) in [4.78, 5) is 37.5. The summed E-state index contributed by atoms with van der Waals surface area (Å²) < 4.78 is 5.57. The van der Waals surface area contributed by atoms with E-state index in [1.807, 2.05) is 24.3 Å². The fraction of sp³-hybridized carbons (Fsp3) is 0.444. The standard InChI is InChI=1S/C27H30N2O6/c30-18-12-24(26(32)33)29(14-18)25(31)11-16-9-17(10-16)13-28-27(34)35-15-23-21-7-3-1-5-19(21)20-6-2-4-8-22(20)23/h1-8,16-18,23-24,30H,9-15H2,(H,28,34)(H,32,33)/t16?,17?,18-,24+/m1/s1. The molecular formula is C27H30N2O6. The molecule has 0 spiro atoms. The summed E-state index contributed by atoms with van der Waals surface area (Å²) in [6.07, 6.45) is 0.723. The molecule has 1 saturated carbocycles. The number of carbonyl (C=O) groups excluding carboxylic acids is 2. The van der Waals surface area contributed by atoms with Crippen molar-refractivity contribution < 1.29 is 29.3 Å². The van der Waals surface area contributed by atoms with Crippen molar-refractivity contribution in [3.8, 4) is 11.1 Å². The highest BCUT2D eigenvalue weighted by Crippen LogP contribution is 2.44. The van der Waals surface area contributed by atoms with Crippen molar-refractivity contribution in [3.05, 3.63) is 59.7 Å². The molecule has 3 N–H and O–H groups in total. The van der Waals surface area contributed by atoms with E-state index in [1.54, 1.807) is 0 Å². The van der Waals surface area contributed by atoms with E-state index in [1.165, 1.54) is 27.2 Å². The molecule has 0 unspecified atom stereocenters. The molecule has 35 heavy (non-hydrogen) atoms. The van der Waals surface area contributed by atoms with Gasteiger partial charge in [0, 0.05) is 31.8 Å². The van der Waals surface area contributed by atoms with Gasteiger partial charge in [0.2, 0.25) is 5.91 Å². The van der Waals surface area contributed by atoms with Crippen LogP contribution in [0.5, 0.6) is 0 Å². The number of carboxylic acid groups (broad SMARTS) is 1. The van der Waals surface area contributed by atoms with Crippen LogP contribution < -0.4 is 5.32 Å². The number of fused-ring (bicyclic) bond motifs is 3. The van der Waals surface area contributed by atoms with Gasteiger partial charge < -0.3 is 25.2 Å². The number of carbonyl (C=O) groups is 3. The number of ether oxygens (including phenoxy) is 1. The van der Waals surface area contributed by atoms with Crippen LogP contribution in [-0.4, -0.2) is 64.9 Å². The number of aliphatic hydroxyl groups excluding tert-OH is 1. The van der Waals surface area contributed by atoms with Crippen LogP contribution in [0.4, 0.5) is 4.79 Å². The van der Waals surface area contributed by atoms with E-state index in [0.717, 1.165) is 12.8 Å². The molecule has 0 radical (unpaired) electrons. The molecule has 2 amide bonds. The van der Waals surface area contributed by atoms with Crippen molar-refractivity contribution in [3.63, 3.8) is 0 Å². The Bertz CT molecular complexity index is 1080. The van der Waals surface area contributed by atoms with E-state index in [0.29, 0.717) is 6.54 Å². The zero-order chi connectivity index (χ0) is 24.5. The smallest absolute Gasteiger partial charge is 0.407 e. The molecule has 2 aromatic rings. The number of aliphatic hydroxyl groups is 1. The number of β-amino-alcohol motifs (C(OH)–C–C–N with tert-alkyl or cyclic N) is 1. The van der Waals surface area contributed by atoms with E-state index in [2.05, 4.69) is 29.6 Å². The molecular weight excluding hydrogens is 448 g/mol. The van der Waals surface area contributed by atoms with Gasteiger partial charge >= 0.3 is 12.1 Å². The number of nitrogens with one attached hydrogen (secondary N) is 1. The molecule has 2 aromatic carbocycles. The first-order valence-electron chi connectivity index (χ1n) is 12.2. The second-order valence-electron chi connectivity index (χ2n) is 9.90. The Labute approximate surface area is 203 Å². The van der Waals surface area contributed by atoms with Crippen molar-refractivity contribution in [1.82, 2.24) is 10.2 Å². The van der Waals surface area contributed by atoms with Crippen molar-refractivity contribution in [1.29, 1.82) is 0 Å². The largest absolute Gasteiger partial charge is 0.480 e. The SMILES string of the molecule is O=C(NCC1CC(CC(=O)N2C[C@H](O)C[C@H]2C(=O)O)C1)OCC1c2ccccc2-c2ccccc21. The number of amides is 2.